The molecule has 0 saturated heterocycles. The van der Waals surface area contributed by atoms with E-state index in [1.165, 1.54) is 35.4 Å². The Labute approximate surface area is 146 Å². The standard InChI is InChI=1S/C17H23N3O4S/c1-11-6-4-5-7-13(11)18-25(23,24)12-8-9-14-15(10-12)20(3)17(22)16(21)19(14)2/h8-11,13,18H,4-7H2,1-3H3. The first-order valence-corrected chi connectivity index (χ1v) is 9.93. The lowest BCUT2D eigenvalue weighted by Gasteiger charge is -2.29. The van der Waals surface area contributed by atoms with E-state index in [4.69, 9.17) is 0 Å². The highest BCUT2D eigenvalue weighted by Crippen LogP contribution is 2.26. The van der Waals surface area contributed by atoms with Crippen LogP contribution in [0.3, 0.4) is 0 Å². The normalized spacial score (nSPS) is 21.6. The van der Waals surface area contributed by atoms with Gasteiger partial charge in [-0.3, -0.25) is 9.59 Å². The minimum Gasteiger partial charge on any atom is -0.305 e. The largest absolute Gasteiger partial charge is 0.316 e. The number of rotatable bonds is 3. The number of hydrogen-bond acceptors (Lipinski definition) is 4. The molecule has 1 saturated carbocycles. The van der Waals surface area contributed by atoms with Gasteiger partial charge in [0.15, 0.2) is 0 Å². The number of nitrogens with zero attached hydrogens (tertiary/aromatic N) is 2. The van der Waals surface area contributed by atoms with Crippen LogP contribution in [0, 0.1) is 5.92 Å². The zero-order chi connectivity index (χ0) is 18.4. The van der Waals surface area contributed by atoms with Crippen LogP contribution in [0.2, 0.25) is 0 Å². The number of fused-ring (bicyclic) bond motifs is 1. The average molecular weight is 365 g/mol. The van der Waals surface area contributed by atoms with Crippen molar-refractivity contribution >= 4 is 21.1 Å². The molecule has 1 aliphatic rings. The summed E-state index contributed by atoms with van der Waals surface area (Å²) in [4.78, 5) is 24.0. The van der Waals surface area contributed by atoms with E-state index >= 15 is 0 Å². The smallest absolute Gasteiger partial charge is 0.305 e. The van der Waals surface area contributed by atoms with Crippen molar-refractivity contribution in [2.45, 2.75) is 43.5 Å². The van der Waals surface area contributed by atoms with Gasteiger partial charge in [0.05, 0.1) is 15.9 Å². The van der Waals surface area contributed by atoms with Crippen LogP contribution in [0.25, 0.3) is 11.0 Å². The van der Waals surface area contributed by atoms with Crippen LogP contribution in [0.5, 0.6) is 0 Å². The lowest BCUT2D eigenvalue weighted by atomic mass is 9.87. The van der Waals surface area contributed by atoms with Gasteiger partial charge in [-0.25, -0.2) is 13.1 Å². The Balaban J connectivity index is 2.06. The van der Waals surface area contributed by atoms with Gasteiger partial charge >= 0.3 is 11.1 Å². The number of aryl methyl sites for hydroxylation is 2. The average Bonchev–Trinajstić information content (AvgIpc) is 2.59. The molecule has 1 aromatic heterocycles. The summed E-state index contributed by atoms with van der Waals surface area (Å²) in [6.45, 7) is 2.06. The topological polar surface area (TPSA) is 90.2 Å². The third-order valence-electron chi connectivity index (χ3n) is 5.19. The summed E-state index contributed by atoms with van der Waals surface area (Å²) in [5.74, 6) is 0.300. The van der Waals surface area contributed by atoms with E-state index in [0.29, 0.717) is 17.0 Å². The number of sulfonamides is 1. The van der Waals surface area contributed by atoms with E-state index < -0.39 is 21.1 Å². The van der Waals surface area contributed by atoms with Crippen molar-refractivity contribution < 1.29 is 8.42 Å². The first-order valence-electron chi connectivity index (χ1n) is 8.44. The summed E-state index contributed by atoms with van der Waals surface area (Å²) in [7, 11) is -0.716. The zero-order valence-electron chi connectivity index (χ0n) is 14.7. The molecule has 0 amide bonds. The van der Waals surface area contributed by atoms with Crippen LogP contribution >= 0.6 is 0 Å². The zero-order valence-corrected chi connectivity index (χ0v) is 15.5. The van der Waals surface area contributed by atoms with Gasteiger partial charge in [-0.1, -0.05) is 19.8 Å². The van der Waals surface area contributed by atoms with Gasteiger partial charge in [0.2, 0.25) is 10.0 Å². The van der Waals surface area contributed by atoms with Crippen LogP contribution in [0.15, 0.2) is 32.7 Å². The predicted octanol–water partition coefficient (Wildman–Crippen LogP) is 1.09. The van der Waals surface area contributed by atoms with Crippen molar-refractivity contribution in [2.24, 2.45) is 20.0 Å². The molecule has 8 heteroatoms. The summed E-state index contributed by atoms with van der Waals surface area (Å²) in [5.41, 5.74) is -0.401. The fourth-order valence-corrected chi connectivity index (χ4v) is 4.89. The molecule has 0 radical (unpaired) electrons. The second-order valence-electron chi connectivity index (χ2n) is 6.87. The molecule has 3 rings (SSSR count). The summed E-state index contributed by atoms with van der Waals surface area (Å²) in [6.07, 6.45) is 4.00. The Kier molecular flexibility index (Phi) is 4.59. The third kappa shape index (κ3) is 3.16. The number of nitrogens with one attached hydrogen (secondary N) is 1. The molecule has 0 spiro atoms. The summed E-state index contributed by atoms with van der Waals surface area (Å²) >= 11 is 0. The molecule has 0 aliphatic heterocycles. The van der Waals surface area contributed by atoms with Crippen LogP contribution in [-0.2, 0) is 24.1 Å². The monoisotopic (exact) mass is 365 g/mol. The second kappa shape index (κ2) is 6.42. The first-order chi connectivity index (χ1) is 11.7. The molecule has 1 aliphatic carbocycles. The molecule has 136 valence electrons. The van der Waals surface area contributed by atoms with Crippen molar-refractivity contribution in [3.63, 3.8) is 0 Å². The Morgan fingerprint density at radius 3 is 2.24 bits per heavy atom. The van der Waals surface area contributed by atoms with Crippen LogP contribution in [0.1, 0.15) is 32.6 Å². The van der Waals surface area contributed by atoms with Crippen molar-refractivity contribution in [1.82, 2.24) is 13.9 Å². The Morgan fingerprint density at radius 2 is 1.60 bits per heavy atom. The van der Waals surface area contributed by atoms with Crippen LogP contribution in [0.4, 0.5) is 0 Å². The Hall–Kier alpha value is -1.93. The molecule has 7 nitrogen and oxygen atoms in total. The molecular formula is C17H23N3O4S. The van der Waals surface area contributed by atoms with Crippen molar-refractivity contribution in [3.8, 4) is 0 Å². The predicted molar refractivity (Wildman–Crippen MR) is 96.2 cm³/mol. The van der Waals surface area contributed by atoms with Crippen LogP contribution < -0.4 is 15.8 Å². The van der Waals surface area contributed by atoms with E-state index in [1.807, 2.05) is 0 Å². The maximum Gasteiger partial charge on any atom is 0.316 e. The fraction of sp³-hybridized carbons (Fsp3) is 0.529. The van der Waals surface area contributed by atoms with E-state index in [0.717, 1.165) is 25.7 Å². The molecule has 1 heterocycles. The molecule has 2 atom stereocenters. The highest BCUT2D eigenvalue weighted by molar-refractivity contribution is 7.89. The quantitative estimate of drug-likeness (QED) is 0.825. The fourth-order valence-electron chi connectivity index (χ4n) is 3.49. The van der Waals surface area contributed by atoms with Crippen LogP contribution in [-0.4, -0.2) is 23.6 Å². The SMILES string of the molecule is CC1CCCCC1NS(=O)(=O)c1ccc2c(c1)n(C)c(=O)c(=O)n2C. The lowest BCUT2D eigenvalue weighted by Crippen LogP contribution is -2.41. The maximum atomic E-state index is 12.8. The summed E-state index contributed by atoms with van der Waals surface area (Å²) in [6, 6.07) is 4.42. The molecule has 1 aromatic carbocycles. The Morgan fingerprint density at radius 1 is 1.00 bits per heavy atom. The van der Waals surface area contributed by atoms with E-state index in [-0.39, 0.29) is 10.9 Å². The molecular weight excluding hydrogens is 342 g/mol. The molecule has 0 bridgehead atoms. The van der Waals surface area contributed by atoms with Gasteiger partial charge < -0.3 is 9.13 Å². The summed E-state index contributed by atoms with van der Waals surface area (Å²) < 4.78 is 30.8. The molecule has 1 N–H and O–H groups in total. The first kappa shape index (κ1) is 17.9. The summed E-state index contributed by atoms with van der Waals surface area (Å²) in [5, 5.41) is 0. The Bertz CT molecular complexity index is 1040. The minimum atomic E-state index is -3.69. The highest BCUT2D eigenvalue weighted by Gasteiger charge is 2.27. The number of aromatic nitrogens is 2. The van der Waals surface area contributed by atoms with Gasteiger partial charge in [-0.2, -0.15) is 0 Å². The van der Waals surface area contributed by atoms with Gasteiger partial charge in [0.25, 0.3) is 0 Å². The van der Waals surface area contributed by atoms with E-state index in [9.17, 15) is 18.0 Å². The lowest BCUT2D eigenvalue weighted by molar-refractivity contribution is 0.310. The maximum absolute atomic E-state index is 12.8. The van der Waals surface area contributed by atoms with Gasteiger partial charge in [0, 0.05) is 20.1 Å². The molecule has 2 aromatic rings. The van der Waals surface area contributed by atoms with Crippen molar-refractivity contribution in [1.29, 1.82) is 0 Å². The van der Waals surface area contributed by atoms with Gasteiger partial charge in [-0.05, 0) is 37.0 Å². The molecule has 2 unspecified atom stereocenters. The van der Waals surface area contributed by atoms with E-state index in [1.54, 1.807) is 6.07 Å². The molecule has 1 fully saturated rings. The second-order valence-corrected chi connectivity index (χ2v) is 8.58. The van der Waals surface area contributed by atoms with Gasteiger partial charge in [0.1, 0.15) is 0 Å². The minimum absolute atomic E-state index is 0.0709. The number of hydrogen-bond donors (Lipinski definition) is 1. The van der Waals surface area contributed by atoms with Gasteiger partial charge in [-0.15, -0.1) is 0 Å². The third-order valence-corrected chi connectivity index (χ3v) is 6.68. The number of benzene rings is 1. The van der Waals surface area contributed by atoms with E-state index in [2.05, 4.69) is 11.6 Å². The molecule has 25 heavy (non-hydrogen) atoms. The van der Waals surface area contributed by atoms with Crippen molar-refractivity contribution in [3.05, 3.63) is 38.9 Å². The van der Waals surface area contributed by atoms with Crippen molar-refractivity contribution in [2.75, 3.05) is 0 Å². The highest BCUT2D eigenvalue weighted by atomic mass is 32.2.